The number of hydrogen-bond donors (Lipinski definition) is 1. The number of rotatable bonds is 4. The van der Waals surface area contributed by atoms with Gasteiger partial charge in [0.05, 0.1) is 5.38 Å². The molecule has 1 fully saturated rings. The van der Waals surface area contributed by atoms with Gasteiger partial charge in [0.15, 0.2) is 0 Å². The molecular weight excluding hydrogens is 270 g/mol. The highest BCUT2D eigenvalue weighted by Gasteiger charge is 2.20. The van der Waals surface area contributed by atoms with Crippen LogP contribution in [0.5, 0.6) is 0 Å². The Morgan fingerprint density at radius 1 is 1.10 bits per heavy atom. The number of alkyl halides is 1. The zero-order valence-electron chi connectivity index (χ0n) is 12.0. The van der Waals surface area contributed by atoms with E-state index in [4.69, 9.17) is 11.6 Å². The highest BCUT2D eigenvalue weighted by molar-refractivity contribution is 6.21. The molecule has 1 unspecified atom stereocenters. The molecule has 0 radical (unpaired) electrons. The van der Waals surface area contributed by atoms with E-state index in [1.165, 1.54) is 32.1 Å². The number of carbonyl (C=O) groups excluding carboxylic acids is 1. The van der Waals surface area contributed by atoms with E-state index in [1.54, 1.807) is 0 Å². The summed E-state index contributed by atoms with van der Waals surface area (Å²) in [6, 6.07) is 9.92. The van der Waals surface area contributed by atoms with E-state index in [0.717, 1.165) is 18.4 Å². The normalized spacial score (nSPS) is 18.9. The van der Waals surface area contributed by atoms with Gasteiger partial charge in [-0.3, -0.25) is 4.79 Å². The fourth-order valence-electron chi connectivity index (χ4n) is 2.83. The first-order chi connectivity index (χ1) is 9.77. The van der Waals surface area contributed by atoms with Crippen molar-refractivity contribution in [1.82, 2.24) is 5.32 Å². The highest BCUT2D eigenvalue weighted by atomic mass is 35.5. The van der Waals surface area contributed by atoms with Gasteiger partial charge >= 0.3 is 0 Å². The first kappa shape index (κ1) is 15.4. The number of amides is 1. The molecule has 1 amide bonds. The maximum atomic E-state index is 12.2. The van der Waals surface area contributed by atoms with Crippen LogP contribution < -0.4 is 5.32 Å². The quantitative estimate of drug-likeness (QED) is 0.817. The van der Waals surface area contributed by atoms with E-state index in [2.05, 4.69) is 5.32 Å². The van der Waals surface area contributed by atoms with Gasteiger partial charge in [-0.25, -0.2) is 0 Å². The summed E-state index contributed by atoms with van der Waals surface area (Å²) in [7, 11) is 0. The Bertz CT molecular complexity index is 399. The largest absolute Gasteiger partial charge is 0.354 e. The fraction of sp³-hybridized carbons (Fsp3) is 0.588. The molecule has 2 nitrogen and oxygen atoms in total. The second kappa shape index (κ2) is 8.31. The summed E-state index contributed by atoms with van der Waals surface area (Å²) in [5, 5.41) is 2.88. The summed E-state index contributed by atoms with van der Waals surface area (Å²) in [6.07, 6.45) is 8.29. The Morgan fingerprint density at radius 3 is 2.35 bits per heavy atom. The van der Waals surface area contributed by atoms with Gasteiger partial charge in [0.1, 0.15) is 0 Å². The molecule has 1 saturated carbocycles. The minimum atomic E-state index is -0.145. The standard InChI is InChI=1S/C17H24ClNO/c18-16(14-9-7-4-8-10-14)13-19-17(20)15-11-5-2-1-3-6-12-15/h4,7-10,15-16H,1-3,5-6,11-13H2,(H,19,20). The molecule has 110 valence electrons. The molecule has 1 aliphatic rings. The average molecular weight is 294 g/mol. The minimum Gasteiger partial charge on any atom is -0.354 e. The lowest BCUT2D eigenvalue weighted by Gasteiger charge is -2.20. The third-order valence-corrected chi connectivity index (χ3v) is 4.50. The van der Waals surface area contributed by atoms with Crippen molar-refractivity contribution in [2.75, 3.05) is 6.54 Å². The van der Waals surface area contributed by atoms with Crippen LogP contribution in [0.25, 0.3) is 0 Å². The van der Waals surface area contributed by atoms with Crippen molar-refractivity contribution in [3.63, 3.8) is 0 Å². The van der Waals surface area contributed by atoms with Crippen LogP contribution in [-0.4, -0.2) is 12.5 Å². The second-order valence-corrected chi connectivity index (χ2v) is 6.19. The van der Waals surface area contributed by atoms with E-state index >= 15 is 0 Å². The third kappa shape index (κ3) is 4.82. The molecule has 0 spiro atoms. The number of carbonyl (C=O) groups is 1. The highest BCUT2D eigenvalue weighted by Crippen LogP contribution is 2.23. The molecule has 0 heterocycles. The number of hydrogen-bond acceptors (Lipinski definition) is 1. The van der Waals surface area contributed by atoms with Crippen molar-refractivity contribution < 1.29 is 4.79 Å². The van der Waals surface area contributed by atoms with Crippen LogP contribution in [0, 0.1) is 5.92 Å². The molecular formula is C17H24ClNO. The molecule has 0 saturated heterocycles. The lowest BCUT2D eigenvalue weighted by Crippen LogP contribution is -2.33. The van der Waals surface area contributed by atoms with Gasteiger partial charge in [0, 0.05) is 12.5 Å². The SMILES string of the molecule is O=C(NCC(Cl)c1ccccc1)C1CCCCCCC1. The zero-order chi connectivity index (χ0) is 14.2. The van der Waals surface area contributed by atoms with Gasteiger partial charge in [-0.15, -0.1) is 11.6 Å². The molecule has 1 aromatic carbocycles. The van der Waals surface area contributed by atoms with Crippen molar-refractivity contribution in [3.05, 3.63) is 35.9 Å². The Balaban J connectivity index is 1.79. The molecule has 2 rings (SSSR count). The summed E-state index contributed by atoms with van der Waals surface area (Å²) < 4.78 is 0. The molecule has 0 aliphatic heterocycles. The fourth-order valence-corrected chi connectivity index (χ4v) is 3.06. The summed E-state index contributed by atoms with van der Waals surface area (Å²) in [6.45, 7) is 0.515. The second-order valence-electron chi connectivity index (χ2n) is 5.67. The maximum absolute atomic E-state index is 12.2. The van der Waals surface area contributed by atoms with Gasteiger partial charge in [-0.1, -0.05) is 62.4 Å². The number of halogens is 1. The van der Waals surface area contributed by atoms with Crippen LogP contribution in [0.15, 0.2) is 30.3 Å². The van der Waals surface area contributed by atoms with Crippen LogP contribution in [-0.2, 0) is 4.79 Å². The van der Waals surface area contributed by atoms with Gasteiger partial charge in [0.2, 0.25) is 5.91 Å². The molecule has 20 heavy (non-hydrogen) atoms. The molecule has 3 heteroatoms. The van der Waals surface area contributed by atoms with Crippen LogP contribution >= 0.6 is 11.6 Å². The van der Waals surface area contributed by atoms with Crippen molar-refractivity contribution in [3.8, 4) is 0 Å². The predicted octanol–water partition coefficient (Wildman–Crippen LogP) is 4.44. The van der Waals surface area contributed by atoms with Crippen molar-refractivity contribution in [2.45, 2.75) is 50.3 Å². The first-order valence-electron chi connectivity index (χ1n) is 7.74. The van der Waals surface area contributed by atoms with E-state index in [-0.39, 0.29) is 17.2 Å². The van der Waals surface area contributed by atoms with Gasteiger partial charge < -0.3 is 5.32 Å². The minimum absolute atomic E-state index is 0.145. The topological polar surface area (TPSA) is 29.1 Å². The lowest BCUT2D eigenvalue weighted by molar-refractivity contribution is -0.125. The summed E-state index contributed by atoms with van der Waals surface area (Å²) in [5.74, 6) is 0.378. The number of nitrogens with one attached hydrogen (secondary N) is 1. The van der Waals surface area contributed by atoms with Crippen molar-refractivity contribution in [2.24, 2.45) is 5.92 Å². The molecule has 1 aromatic rings. The van der Waals surface area contributed by atoms with Crippen LogP contribution in [0.3, 0.4) is 0 Å². The summed E-state index contributed by atoms with van der Waals surface area (Å²) in [5.41, 5.74) is 1.06. The van der Waals surface area contributed by atoms with E-state index in [1.807, 2.05) is 30.3 Å². The molecule has 0 aromatic heterocycles. The van der Waals surface area contributed by atoms with Gasteiger partial charge in [0.25, 0.3) is 0 Å². The van der Waals surface area contributed by atoms with Crippen LogP contribution in [0.4, 0.5) is 0 Å². The van der Waals surface area contributed by atoms with Crippen molar-refractivity contribution in [1.29, 1.82) is 0 Å². The smallest absolute Gasteiger partial charge is 0.223 e. The average Bonchev–Trinajstić information content (AvgIpc) is 2.45. The first-order valence-corrected chi connectivity index (χ1v) is 8.18. The predicted molar refractivity (Wildman–Crippen MR) is 83.9 cm³/mol. The Kier molecular flexibility index (Phi) is 6.38. The molecule has 1 N–H and O–H groups in total. The third-order valence-electron chi connectivity index (χ3n) is 4.09. The molecule has 0 bridgehead atoms. The summed E-state index contributed by atoms with van der Waals surface area (Å²) >= 11 is 6.33. The van der Waals surface area contributed by atoms with Gasteiger partial charge in [-0.2, -0.15) is 0 Å². The monoisotopic (exact) mass is 293 g/mol. The van der Waals surface area contributed by atoms with Crippen LogP contribution in [0.1, 0.15) is 55.9 Å². The number of benzene rings is 1. The van der Waals surface area contributed by atoms with E-state index in [9.17, 15) is 4.79 Å². The zero-order valence-corrected chi connectivity index (χ0v) is 12.7. The van der Waals surface area contributed by atoms with Crippen LogP contribution in [0.2, 0.25) is 0 Å². The van der Waals surface area contributed by atoms with E-state index < -0.39 is 0 Å². The summed E-state index contributed by atoms with van der Waals surface area (Å²) in [4.78, 5) is 12.2. The Labute approximate surface area is 126 Å². The lowest BCUT2D eigenvalue weighted by atomic mass is 9.90. The van der Waals surface area contributed by atoms with E-state index in [0.29, 0.717) is 6.54 Å². The Hall–Kier alpha value is -1.02. The van der Waals surface area contributed by atoms with Crippen molar-refractivity contribution >= 4 is 17.5 Å². The maximum Gasteiger partial charge on any atom is 0.223 e. The molecule has 1 aliphatic carbocycles. The van der Waals surface area contributed by atoms with Gasteiger partial charge in [-0.05, 0) is 18.4 Å². The Morgan fingerprint density at radius 2 is 1.70 bits per heavy atom. The molecule has 1 atom stereocenters.